The van der Waals surface area contributed by atoms with Gasteiger partial charge in [0.05, 0.1) is 5.75 Å². The van der Waals surface area contributed by atoms with Crippen LogP contribution in [0.15, 0.2) is 0 Å². The van der Waals surface area contributed by atoms with Gasteiger partial charge in [0.1, 0.15) is 0 Å². The molecule has 0 aromatic rings. The Hall–Kier alpha value is -0.130. The third-order valence-corrected chi connectivity index (χ3v) is 5.90. The Morgan fingerprint density at radius 2 is 2.00 bits per heavy atom. The van der Waals surface area contributed by atoms with E-state index in [4.69, 9.17) is 0 Å². The third-order valence-electron chi connectivity index (χ3n) is 4.26. The highest BCUT2D eigenvalue weighted by Gasteiger charge is 2.37. The molecule has 1 spiro atoms. The van der Waals surface area contributed by atoms with Gasteiger partial charge >= 0.3 is 0 Å². The van der Waals surface area contributed by atoms with Gasteiger partial charge in [-0.3, -0.25) is 0 Å². The van der Waals surface area contributed by atoms with E-state index >= 15 is 0 Å². The normalized spacial score (nSPS) is 28.4. The molecule has 1 atom stereocenters. The van der Waals surface area contributed by atoms with Crippen LogP contribution in [0.3, 0.4) is 0 Å². The van der Waals surface area contributed by atoms with Crippen LogP contribution in [0.4, 0.5) is 0 Å². The third kappa shape index (κ3) is 3.68. The number of piperidine rings is 1. The van der Waals surface area contributed by atoms with Crippen LogP contribution in [0.2, 0.25) is 0 Å². The fourth-order valence-corrected chi connectivity index (χ4v) is 4.81. The molecule has 2 N–H and O–H groups in total. The van der Waals surface area contributed by atoms with Crippen LogP contribution in [0.5, 0.6) is 0 Å². The number of hydrogen-bond acceptors (Lipinski definition) is 3. The molecule has 4 nitrogen and oxygen atoms in total. The highest BCUT2D eigenvalue weighted by molar-refractivity contribution is 7.89. The Kier molecular flexibility index (Phi) is 4.67. The number of rotatable bonds is 4. The maximum atomic E-state index is 11.8. The molecule has 1 heterocycles. The van der Waals surface area contributed by atoms with Crippen molar-refractivity contribution >= 4 is 10.0 Å². The lowest BCUT2D eigenvalue weighted by molar-refractivity contribution is 0.165. The molecule has 1 aliphatic carbocycles. The van der Waals surface area contributed by atoms with Gasteiger partial charge in [0.15, 0.2) is 0 Å². The lowest BCUT2D eigenvalue weighted by Crippen LogP contribution is -2.57. The highest BCUT2D eigenvalue weighted by atomic mass is 32.2. The second-order valence-corrected chi connectivity index (χ2v) is 7.77. The van der Waals surface area contributed by atoms with Crippen molar-refractivity contribution in [1.82, 2.24) is 10.0 Å². The first-order chi connectivity index (χ1) is 8.55. The van der Waals surface area contributed by atoms with E-state index in [0.29, 0.717) is 6.42 Å². The van der Waals surface area contributed by atoms with Gasteiger partial charge in [-0.1, -0.05) is 26.2 Å². The van der Waals surface area contributed by atoms with Crippen molar-refractivity contribution in [3.8, 4) is 0 Å². The lowest BCUT2D eigenvalue weighted by Gasteiger charge is -2.44. The Bertz CT molecular complexity index is 356. The smallest absolute Gasteiger partial charge is 0.211 e. The van der Waals surface area contributed by atoms with Gasteiger partial charge in [0.25, 0.3) is 0 Å². The molecular formula is C13H26N2O2S. The van der Waals surface area contributed by atoms with Gasteiger partial charge in [-0.2, -0.15) is 0 Å². The Morgan fingerprint density at radius 3 is 2.67 bits per heavy atom. The summed E-state index contributed by atoms with van der Waals surface area (Å²) in [5.41, 5.74) is 0.218. The van der Waals surface area contributed by atoms with Crippen LogP contribution < -0.4 is 10.0 Å². The van der Waals surface area contributed by atoms with E-state index in [1.807, 2.05) is 6.92 Å². The second-order valence-electron chi connectivity index (χ2n) is 5.89. The van der Waals surface area contributed by atoms with Crippen LogP contribution in [-0.2, 0) is 10.0 Å². The van der Waals surface area contributed by atoms with E-state index in [9.17, 15) is 8.42 Å². The van der Waals surface area contributed by atoms with E-state index in [2.05, 4.69) is 10.0 Å². The summed E-state index contributed by atoms with van der Waals surface area (Å²) in [6.45, 7) is 2.85. The minimum absolute atomic E-state index is 0.140. The fraction of sp³-hybridized carbons (Fsp3) is 1.00. The zero-order chi connectivity index (χ0) is 13.1. The lowest BCUT2D eigenvalue weighted by atomic mass is 9.75. The van der Waals surface area contributed by atoms with Crippen molar-refractivity contribution in [2.75, 3.05) is 12.3 Å². The summed E-state index contributed by atoms with van der Waals surface area (Å²) in [7, 11) is -3.06. The van der Waals surface area contributed by atoms with Gasteiger partial charge < -0.3 is 5.32 Å². The first-order valence-electron chi connectivity index (χ1n) is 7.30. The zero-order valence-corrected chi connectivity index (χ0v) is 12.2. The minimum atomic E-state index is -3.06. The van der Waals surface area contributed by atoms with Gasteiger partial charge in [-0.25, -0.2) is 13.1 Å². The molecule has 2 aliphatic rings. The second kappa shape index (κ2) is 5.88. The maximum absolute atomic E-state index is 11.8. The number of nitrogens with one attached hydrogen (secondary N) is 2. The zero-order valence-electron chi connectivity index (χ0n) is 11.4. The Morgan fingerprint density at radius 1 is 1.28 bits per heavy atom. The van der Waals surface area contributed by atoms with E-state index < -0.39 is 10.0 Å². The summed E-state index contributed by atoms with van der Waals surface area (Å²) in [5.74, 6) is 0.254. The van der Waals surface area contributed by atoms with E-state index in [0.717, 1.165) is 19.4 Å². The Labute approximate surface area is 111 Å². The molecule has 106 valence electrons. The predicted molar refractivity (Wildman–Crippen MR) is 74.1 cm³/mol. The summed E-state index contributed by atoms with van der Waals surface area (Å²) >= 11 is 0. The molecule has 0 radical (unpaired) electrons. The first-order valence-corrected chi connectivity index (χ1v) is 8.95. The quantitative estimate of drug-likeness (QED) is 0.821. The molecule has 1 unspecified atom stereocenters. The SMILES string of the molecule is CCCS(=O)(=O)NC1CCNC2(CCCCC2)C1. The van der Waals surface area contributed by atoms with Crippen LogP contribution in [0.1, 0.15) is 58.3 Å². The molecule has 0 aromatic heterocycles. The summed E-state index contributed by atoms with van der Waals surface area (Å²) in [6, 6.07) is 0.140. The largest absolute Gasteiger partial charge is 0.311 e. The van der Waals surface area contributed by atoms with Crippen molar-refractivity contribution in [3.05, 3.63) is 0 Å². The molecule has 0 bridgehead atoms. The molecule has 5 heteroatoms. The average Bonchev–Trinajstić information content (AvgIpc) is 2.29. The fourth-order valence-electron chi connectivity index (χ4n) is 3.45. The highest BCUT2D eigenvalue weighted by Crippen LogP contribution is 2.34. The summed E-state index contributed by atoms with van der Waals surface area (Å²) in [6.07, 6.45) is 8.88. The van der Waals surface area contributed by atoms with Gasteiger partial charge in [-0.15, -0.1) is 0 Å². The summed E-state index contributed by atoms with van der Waals surface area (Å²) in [4.78, 5) is 0. The molecule has 18 heavy (non-hydrogen) atoms. The molecule has 1 aliphatic heterocycles. The van der Waals surface area contributed by atoms with Crippen molar-refractivity contribution < 1.29 is 8.42 Å². The van der Waals surface area contributed by atoms with Crippen LogP contribution >= 0.6 is 0 Å². The topological polar surface area (TPSA) is 58.2 Å². The number of hydrogen-bond donors (Lipinski definition) is 2. The van der Waals surface area contributed by atoms with E-state index in [1.54, 1.807) is 0 Å². The number of sulfonamides is 1. The molecule has 2 rings (SSSR count). The summed E-state index contributed by atoms with van der Waals surface area (Å²) < 4.78 is 26.6. The van der Waals surface area contributed by atoms with Gasteiger partial charge in [0.2, 0.25) is 10.0 Å². The predicted octanol–water partition coefficient (Wildman–Crippen LogP) is 1.77. The van der Waals surface area contributed by atoms with Crippen LogP contribution in [-0.4, -0.2) is 32.3 Å². The van der Waals surface area contributed by atoms with Crippen LogP contribution in [0.25, 0.3) is 0 Å². The maximum Gasteiger partial charge on any atom is 0.211 e. The van der Waals surface area contributed by atoms with Crippen molar-refractivity contribution in [2.24, 2.45) is 0 Å². The Balaban J connectivity index is 1.94. The standard InChI is InChI=1S/C13H26N2O2S/c1-2-10-18(16,17)15-12-6-9-14-13(11-12)7-4-3-5-8-13/h12,14-15H,2-11H2,1H3. The van der Waals surface area contributed by atoms with Crippen molar-refractivity contribution in [3.63, 3.8) is 0 Å². The molecule has 2 fully saturated rings. The average molecular weight is 274 g/mol. The summed E-state index contributed by atoms with van der Waals surface area (Å²) in [5, 5.41) is 3.65. The van der Waals surface area contributed by atoms with Crippen LogP contribution in [0, 0.1) is 0 Å². The van der Waals surface area contributed by atoms with Gasteiger partial charge in [-0.05, 0) is 38.6 Å². The van der Waals surface area contributed by atoms with E-state index in [-0.39, 0.29) is 17.3 Å². The van der Waals surface area contributed by atoms with Gasteiger partial charge in [0, 0.05) is 11.6 Å². The van der Waals surface area contributed by atoms with Crippen molar-refractivity contribution in [2.45, 2.75) is 69.9 Å². The van der Waals surface area contributed by atoms with E-state index in [1.165, 1.54) is 32.1 Å². The first kappa shape index (κ1) is 14.3. The molecule has 1 saturated heterocycles. The molecular weight excluding hydrogens is 248 g/mol. The molecule has 1 saturated carbocycles. The van der Waals surface area contributed by atoms with Crippen molar-refractivity contribution in [1.29, 1.82) is 0 Å². The molecule has 0 aromatic carbocycles. The molecule has 0 amide bonds. The monoisotopic (exact) mass is 274 g/mol. The minimum Gasteiger partial charge on any atom is -0.311 e.